The summed E-state index contributed by atoms with van der Waals surface area (Å²) < 4.78 is 0. The van der Waals surface area contributed by atoms with Crippen molar-refractivity contribution in [3.8, 4) is 0 Å². The van der Waals surface area contributed by atoms with Gasteiger partial charge in [-0.05, 0) is 42.5 Å². The Kier molecular flexibility index (Phi) is 5.48. The molecule has 0 aromatic heterocycles. The maximum absolute atomic E-state index is 11.3. The van der Waals surface area contributed by atoms with Gasteiger partial charge in [0.15, 0.2) is 0 Å². The molecule has 0 aliphatic rings. The van der Waals surface area contributed by atoms with E-state index in [0.717, 1.165) is 12.1 Å². The van der Waals surface area contributed by atoms with Gasteiger partial charge in [-0.15, -0.1) is 0 Å². The van der Waals surface area contributed by atoms with Crippen molar-refractivity contribution < 1.29 is 9.90 Å². The summed E-state index contributed by atoms with van der Waals surface area (Å²) >= 11 is 5.80. The standard InChI is InChI=1S/C14H20ClNO2/c1-9(2)8-10(3)13(14(17)18)16-12-6-4-11(15)5-7-12/h4-7,9-10,13,16H,8H2,1-3H3,(H,17,18). The van der Waals surface area contributed by atoms with Crippen LogP contribution in [-0.4, -0.2) is 17.1 Å². The van der Waals surface area contributed by atoms with Crippen LogP contribution in [0.5, 0.6) is 0 Å². The highest BCUT2D eigenvalue weighted by molar-refractivity contribution is 6.30. The van der Waals surface area contributed by atoms with Gasteiger partial charge in [0.25, 0.3) is 0 Å². The summed E-state index contributed by atoms with van der Waals surface area (Å²) in [4.78, 5) is 11.3. The fraction of sp³-hybridized carbons (Fsp3) is 0.500. The molecule has 2 unspecified atom stereocenters. The molecule has 0 bridgehead atoms. The topological polar surface area (TPSA) is 49.3 Å². The molecule has 1 aromatic rings. The van der Waals surface area contributed by atoms with Crippen LogP contribution in [0, 0.1) is 11.8 Å². The molecule has 0 amide bonds. The van der Waals surface area contributed by atoms with Gasteiger partial charge in [0, 0.05) is 10.7 Å². The maximum Gasteiger partial charge on any atom is 0.326 e. The van der Waals surface area contributed by atoms with Crippen molar-refractivity contribution in [3.63, 3.8) is 0 Å². The van der Waals surface area contributed by atoms with Crippen LogP contribution in [0.2, 0.25) is 5.02 Å². The van der Waals surface area contributed by atoms with Crippen LogP contribution in [0.4, 0.5) is 5.69 Å². The highest BCUT2D eigenvalue weighted by Gasteiger charge is 2.24. The Morgan fingerprint density at radius 2 is 1.83 bits per heavy atom. The number of carboxylic acid groups (broad SMARTS) is 1. The van der Waals surface area contributed by atoms with Gasteiger partial charge in [-0.1, -0.05) is 32.4 Å². The van der Waals surface area contributed by atoms with E-state index < -0.39 is 12.0 Å². The van der Waals surface area contributed by atoms with Gasteiger partial charge in [0.05, 0.1) is 0 Å². The lowest BCUT2D eigenvalue weighted by Crippen LogP contribution is -2.36. The summed E-state index contributed by atoms with van der Waals surface area (Å²) in [5, 5.41) is 13.0. The predicted octanol–water partition coefficient (Wildman–Crippen LogP) is 3.89. The monoisotopic (exact) mass is 269 g/mol. The molecule has 1 rings (SSSR count). The second-order valence-corrected chi connectivity index (χ2v) is 5.51. The Morgan fingerprint density at radius 1 is 1.28 bits per heavy atom. The lowest BCUT2D eigenvalue weighted by Gasteiger charge is -2.23. The smallest absolute Gasteiger partial charge is 0.326 e. The van der Waals surface area contributed by atoms with Crippen molar-refractivity contribution >= 4 is 23.3 Å². The highest BCUT2D eigenvalue weighted by Crippen LogP contribution is 2.20. The second-order valence-electron chi connectivity index (χ2n) is 5.07. The minimum Gasteiger partial charge on any atom is -0.480 e. The van der Waals surface area contributed by atoms with E-state index in [0.29, 0.717) is 10.9 Å². The number of anilines is 1. The number of benzene rings is 1. The lowest BCUT2D eigenvalue weighted by molar-refractivity contribution is -0.139. The predicted molar refractivity (Wildman–Crippen MR) is 75.1 cm³/mol. The maximum atomic E-state index is 11.3. The molecular formula is C14H20ClNO2. The minimum absolute atomic E-state index is 0.0678. The third kappa shape index (κ3) is 4.57. The summed E-state index contributed by atoms with van der Waals surface area (Å²) in [6.07, 6.45) is 0.873. The molecule has 2 atom stereocenters. The number of aliphatic carboxylic acids is 1. The number of carboxylic acids is 1. The van der Waals surface area contributed by atoms with Gasteiger partial charge in [0.2, 0.25) is 0 Å². The molecule has 100 valence electrons. The molecule has 18 heavy (non-hydrogen) atoms. The first-order valence-electron chi connectivity index (χ1n) is 6.15. The number of hydrogen-bond donors (Lipinski definition) is 2. The number of carbonyl (C=O) groups is 1. The Bertz CT molecular complexity index is 389. The summed E-state index contributed by atoms with van der Waals surface area (Å²) in [6, 6.07) is 6.50. The molecule has 2 N–H and O–H groups in total. The molecule has 3 nitrogen and oxygen atoms in total. The fourth-order valence-corrected chi connectivity index (χ4v) is 2.18. The van der Waals surface area contributed by atoms with E-state index >= 15 is 0 Å². The third-order valence-electron chi connectivity index (χ3n) is 2.84. The number of hydrogen-bond acceptors (Lipinski definition) is 2. The molecule has 0 aliphatic carbocycles. The SMILES string of the molecule is CC(C)CC(C)C(Nc1ccc(Cl)cc1)C(=O)O. The lowest BCUT2D eigenvalue weighted by atomic mass is 9.92. The summed E-state index contributed by atoms with van der Waals surface area (Å²) in [5.74, 6) is -0.273. The third-order valence-corrected chi connectivity index (χ3v) is 3.10. The largest absolute Gasteiger partial charge is 0.480 e. The Labute approximate surface area is 113 Å². The normalized spacial score (nSPS) is 14.3. The zero-order valence-corrected chi connectivity index (χ0v) is 11.7. The van der Waals surface area contributed by atoms with Crippen LogP contribution in [0.15, 0.2) is 24.3 Å². The molecule has 0 saturated heterocycles. The highest BCUT2D eigenvalue weighted by atomic mass is 35.5. The summed E-state index contributed by atoms with van der Waals surface area (Å²) in [5.41, 5.74) is 0.780. The number of halogens is 1. The van der Waals surface area contributed by atoms with E-state index in [4.69, 9.17) is 11.6 Å². The number of nitrogens with one attached hydrogen (secondary N) is 1. The van der Waals surface area contributed by atoms with E-state index in [-0.39, 0.29) is 5.92 Å². The average Bonchev–Trinajstić information content (AvgIpc) is 2.26. The van der Waals surface area contributed by atoms with Crippen molar-refractivity contribution in [2.24, 2.45) is 11.8 Å². The van der Waals surface area contributed by atoms with Crippen LogP contribution < -0.4 is 5.32 Å². The molecular weight excluding hydrogens is 250 g/mol. The molecule has 0 aliphatic heterocycles. The van der Waals surface area contributed by atoms with Crippen LogP contribution in [0.25, 0.3) is 0 Å². The van der Waals surface area contributed by atoms with Crippen molar-refractivity contribution in [1.29, 1.82) is 0 Å². The molecule has 0 saturated carbocycles. The van der Waals surface area contributed by atoms with Gasteiger partial charge >= 0.3 is 5.97 Å². The van der Waals surface area contributed by atoms with E-state index in [9.17, 15) is 9.90 Å². The first-order chi connectivity index (χ1) is 8.40. The van der Waals surface area contributed by atoms with Gasteiger partial charge in [-0.2, -0.15) is 0 Å². The summed E-state index contributed by atoms with van der Waals surface area (Å²) in [7, 11) is 0. The van der Waals surface area contributed by atoms with Crippen molar-refractivity contribution in [2.75, 3.05) is 5.32 Å². The van der Waals surface area contributed by atoms with E-state index in [1.807, 2.05) is 6.92 Å². The zero-order chi connectivity index (χ0) is 13.7. The quantitative estimate of drug-likeness (QED) is 0.824. The van der Waals surface area contributed by atoms with Crippen molar-refractivity contribution in [2.45, 2.75) is 33.2 Å². The van der Waals surface area contributed by atoms with Gasteiger partial charge < -0.3 is 10.4 Å². The molecule has 4 heteroatoms. The Balaban J connectivity index is 2.74. The van der Waals surface area contributed by atoms with Gasteiger partial charge in [-0.3, -0.25) is 0 Å². The summed E-state index contributed by atoms with van der Waals surface area (Å²) in [6.45, 7) is 6.15. The molecule has 0 spiro atoms. The van der Waals surface area contributed by atoms with Gasteiger partial charge in [0.1, 0.15) is 6.04 Å². The molecule has 0 radical (unpaired) electrons. The molecule has 1 aromatic carbocycles. The minimum atomic E-state index is -0.821. The van der Waals surface area contributed by atoms with Crippen molar-refractivity contribution in [3.05, 3.63) is 29.3 Å². The second kappa shape index (κ2) is 6.64. The zero-order valence-electron chi connectivity index (χ0n) is 11.0. The Hall–Kier alpha value is -1.22. The van der Waals surface area contributed by atoms with Crippen LogP contribution in [0.3, 0.4) is 0 Å². The van der Waals surface area contributed by atoms with Crippen molar-refractivity contribution in [1.82, 2.24) is 0 Å². The van der Waals surface area contributed by atoms with Gasteiger partial charge in [-0.25, -0.2) is 4.79 Å². The Morgan fingerprint density at radius 3 is 2.28 bits per heavy atom. The number of rotatable bonds is 6. The van der Waals surface area contributed by atoms with E-state index in [2.05, 4.69) is 19.2 Å². The van der Waals surface area contributed by atoms with Crippen LogP contribution >= 0.6 is 11.6 Å². The fourth-order valence-electron chi connectivity index (χ4n) is 2.05. The first-order valence-corrected chi connectivity index (χ1v) is 6.53. The first kappa shape index (κ1) is 14.8. The van der Waals surface area contributed by atoms with Crippen LogP contribution in [-0.2, 0) is 4.79 Å². The average molecular weight is 270 g/mol. The van der Waals surface area contributed by atoms with Crippen LogP contribution in [0.1, 0.15) is 27.2 Å². The molecule has 0 heterocycles. The molecule has 0 fully saturated rings. The van der Waals surface area contributed by atoms with E-state index in [1.54, 1.807) is 24.3 Å². The van der Waals surface area contributed by atoms with E-state index in [1.165, 1.54) is 0 Å².